The quantitative estimate of drug-likeness (QED) is 0.777. The van der Waals surface area contributed by atoms with Gasteiger partial charge in [0.15, 0.2) is 0 Å². The Kier molecular flexibility index (Phi) is 3.80. The van der Waals surface area contributed by atoms with Gasteiger partial charge >= 0.3 is 0 Å². The molecule has 3 heterocycles. The molecular formula is C18H21N5O. The van der Waals surface area contributed by atoms with Gasteiger partial charge in [0.1, 0.15) is 5.82 Å². The van der Waals surface area contributed by atoms with Crippen LogP contribution >= 0.6 is 0 Å². The molecule has 4 rings (SSSR count). The van der Waals surface area contributed by atoms with Crippen molar-refractivity contribution in [2.75, 3.05) is 13.1 Å². The number of nitrogens with zero attached hydrogens (tertiary/aromatic N) is 3. The minimum atomic E-state index is 0.190. The third kappa shape index (κ3) is 2.91. The fraction of sp³-hybridized carbons (Fsp3) is 0.389. The molecule has 0 bridgehead atoms. The van der Waals surface area contributed by atoms with Gasteiger partial charge in [0.25, 0.3) is 0 Å². The number of hydrogen-bond acceptors (Lipinski definition) is 3. The lowest BCUT2D eigenvalue weighted by Gasteiger charge is -2.32. The van der Waals surface area contributed by atoms with Crippen molar-refractivity contribution < 1.29 is 4.79 Å². The Morgan fingerprint density at radius 1 is 1.38 bits per heavy atom. The summed E-state index contributed by atoms with van der Waals surface area (Å²) >= 11 is 0. The van der Waals surface area contributed by atoms with Crippen LogP contribution in [0.2, 0.25) is 0 Å². The molecule has 1 amide bonds. The summed E-state index contributed by atoms with van der Waals surface area (Å²) < 4.78 is 0. The average Bonchev–Trinajstić information content (AvgIpc) is 3.23. The second kappa shape index (κ2) is 6.11. The zero-order chi connectivity index (χ0) is 16.5. The van der Waals surface area contributed by atoms with Gasteiger partial charge in [-0.05, 0) is 43.5 Å². The molecule has 6 nitrogen and oxygen atoms in total. The van der Waals surface area contributed by atoms with Gasteiger partial charge in [0.05, 0.1) is 17.5 Å². The summed E-state index contributed by atoms with van der Waals surface area (Å²) in [4.78, 5) is 22.3. The number of aromatic amines is 2. The number of rotatable bonds is 3. The number of imidazole rings is 1. The average molecular weight is 323 g/mol. The molecule has 0 radical (unpaired) electrons. The van der Waals surface area contributed by atoms with E-state index in [1.54, 1.807) is 6.20 Å². The van der Waals surface area contributed by atoms with Crippen molar-refractivity contribution in [1.82, 2.24) is 25.1 Å². The van der Waals surface area contributed by atoms with Crippen LogP contribution in [-0.2, 0) is 11.2 Å². The Balaban J connectivity index is 1.46. The van der Waals surface area contributed by atoms with E-state index in [1.165, 1.54) is 0 Å². The molecule has 2 N–H and O–H groups in total. The summed E-state index contributed by atoms with van der Waals surface area (Å²) in [6, 6.07) is 8.01. The highest BCUT2D eigenvalue weighted by molar-refractivity contribution is 5.82. The highest BCUT2D eigenvalue weighted by Gasteiger charge is 2.25. The lowest BCUT2D eigenvalue weighted by molar-refractivity contribution is -0.131. The summed E-state index contributed by atoms with van der Waals surface area (Å²) in [5.74, 6) is 1.45. The first-order valence-corrected chi connectivity index (χ1v) is 8.41. The first kappa shape index (κ1) is 14.9. The predicted molar refractivity (Wildman–Crippen MR) is 91.7 cm³/mol. The number of piperidine rings is 1. The molecule has 1 aromatic carbocycles. The third-order valence-electron chi connectivity index (χ3n) is 4.76. The van der Waals surface area contributed by atoms with Crippen LogP contribution in [0.25, 0.3) is 11.0 Å². The molecule has 124 valence electrons. The van der Waals surface area contributed by atoms with Gasteiger partial charge in [-0.15, -0.1) is 0 Å². The van der Waals surface area contributed by atoms with Crippen molar-refractivity contribution in [2.45, 2.75) is 32.1 Å². The first-order valence-electron chi connectivity index (χ1n) is 8.41. The molecule has 24 heavy (non-hydrogen) atoms. The number of fused-ring (bicyclic) bond motifs is 1. The number of likely N-dealkylation sites (tertiary alicyclic amines) is 1. The van der Waals surface area contributed by atoms with Crippen molar-refractivity contribution in [3.63, 3.8) is 0 Å². The molecule has 0 aliphatic carbocycles. The standard InChI is InChI=1S/C18H21N5O/c1-12-20-16-5-4-13(9-17(16)21-12)10-18(24)23-8-2-3-14(11-23)15-6-7-19-22-15/h4-7,9,14H,2-3,8,10-11H2,1H3,(H,19,22)(H,20,21). The molecule has 1 saturated heterocycles. The fourth-order valence-electron chi connectivity index (χ4n) is 3.53. The second-order valence-corrected chi connectivity index (χ2v) is 6.54. The lowest BCUT2D eigenvalue weighted by atomic mass is 9.94. The van der Waals surface area contributed by atoms with E-state index < -0.39 is 0 Å². The molecule has 0 spiro atoms. The van der Waals surface area contributed by atoms with Crippen molar-refractivity contribution >= 4 is 16.9 Å². The Labute approximate surface area is 140 Å². The number of aryl methyl sites for hydroxylation is 1. The summed E-state index contributed by atoms with van der Waals surface area (Å²) in [6.45, 7) is 3.55. The zero-order valence-corrected chi connectivity index (χ0v) is 13.7. The molecule has 1 fully saturated rings. The molecular weight excluding hydrogens is 302 g/mol. The van der Waals surface area contributed by atoms with Gasteiger partial charge in [0, 0.05) is 30.9 Å². The number of aromatic nitrogens is 4. The van der Waals surface area contributed by atoms with Crippen LogP contribution in [0, 0.1) is 6.92 Å². The van der Waals surface area contributed by atoms with Crippen LogP contribution in [0.3, 0.4) is 0 Å². The minimum absolute atomic E-state index is 0.190. The van der Waals surface area contributed by atoms with E-state index in [0.29, 0.717) is 12.3 Å². The van der Waals surface area contributed by atoms with Crippen LogP contribution in [0.1, 0.15) is 35.8 Å². The normalized spacial score (nSPS) is 18.2. The SMILES string of the molecule is Cc1nc2ccc(CC(=O)N3CCCC(c4ccn[nH]4)C3)cc2[nH]1. The van der Waals surface area contributed by atoms with Crippen LogP contribution in [0.15, 0.2) is 30.5 Å². The highest BCUT2D eigenvalue weighted by Crippen LogP contribution is 2.25. The van der Waals surface area contributed by atoms with E-state index in [-0.39, 0.29) is 5.91 Å². The van der Waals surface area contributed by atoms with E-state index in [2.05, 4.69) is 20.2 Å². The van der Waals surface area contributed by atoms with Crippen molar-refractivity contribution in [3.05, 3.63) is 47.5 Å². The second-order valence-electron chi connectivity index (χ2n) is 6.54. The van der Waals surface area contributed by atoms with Crippen LogP contribution in [0.4, 0.5) is 0 Å². The molecule has 1 aliphatic heterocycles. The third-order valence-corrected chi connectivity index (χ3v) is 4.76. The molecule has 1 aliphatic rings. The molecule has 0 saturated carbocycles. The first-order chi connectivity index (χ1) is 11.7. The largest absolute Gasteiger partial charge is 0.342 e. The van der Waals surface area contributed by atoms with Gasteiger partial charge < -0.3 is 9.88 Å². The van der Waals surface area contributed by atoms with E-state index in [1.807, 2.05) is 36.1 Å². The molecule has 6 heteroatoms. The Morgan fingerprint density at radius 3 is 3.12 bits per heavy atom. The van der Waals surface area contributed by atoms with Gasteiger partial charge in [-0.2, -0.15) is 5.10 Å². The number of nitrogens with one attached hydrogen (secondary N) is 2. The molecule has 2 aromatic heterocycles. The van der Waals surface area contributed by atoms with Gasteiger partial charge in [-0.3, -0.25) is 9.89 Å². The summed E-state index contributed by atoms with van der Waals surface area (Å²) in [6.07, 6.45) is 4.35. The maximum atomic E-state index is 12.7. The Morgan fingerprint density at radius 2 is 2.29 bits per heavy atom. The lowest BCUT2D eigenvalue weighted by Crippen LogP contribution is -2.40. The number of hydrogen-bond donors (Lipinski definition) is 2. The number of carbonyl (C=O) groups is 1. The van der Waals surface area contributed by atoms with Crippen molar-refractivity contribution in [3.8, 4) is 0 Å². The van der Waals surface area contributed by atoms with Gasteiger partial charge in [0.2, 0.25) is 5.91 Å². The predicted octanol–water partition coefficient (Wildman–Crippen LogP) is 2.54. The Hall–Kier alpha value is -2.63. The van der Waals surface area contributed by atoms with E-state index in [4.69, 9.17) is 0 Å². The molecule has 1 atom stereocenters. The van der Waals surface area contributed by atoms with Gasteiger partial charge in [-0.25, -0.2) is 4.98 Å². The van der Waals surface area contributed by atoms with Gasteiger partial charge in [-0.1, -0.05) is 6.07 Å². The van der Waals surface area contributed by atoms with E-state index in [0.717, 1.165) is 54.0 Å². The number of amides is 1. The maximum Gasteiger partial charge on any atom is 0.227 e. The Bertz CT molecular complexity index is 852. The maximum absolute atomic E-state index is 12.7. The van der Waals surface area contributed by atoms with Crippen LogP contribution < -0.4 is 0 Å². The fourth-order valence-corrected chi connectivity index (χ4v) is 3.53. The van der Waals surface area contributed by atoms with E-state index in [9.17, 15) is 4.79 Å². The monoisotopic (exact) mass is 323 g/mol. The highest BCUT2D eigenvalue weighted by atomic mass is 16.2. The van der Waals surface area contributed by atoms with Crippen LogP contribution in [-0.4, -0.2) is 44.1 Å². The number of carbonyl (C=O) groups excluding carboxylic acids is 1. The topological polar surface area (TPSA) is 77.7 Å². The van der Waals surface area contributed by atoms with Crippen molar-refractivity contribution in [1.29, 1.82) is 0 Å². The van der Waals surface area contributed by atoms with Crippen LogP contribution in [0.5, 0.6) is 0 Å². The zero-order valence-electron chi connectivity index (χ0n) is 13.7. The van der Waals surface area contributed by atoms with Crippen molar-refractivity contribution in [2.24, 2.45) is 0 Å². The smallest absolute Gasteiger partial charge is 0.227 e. The minimum Gasteiger partial charge on any atom is -0.342 e. The summed E-state index contributed by atoms with van der Waals surface area (Å²) in [7, 11) is 0. The number of benzene rings is 1. The number of H-pyrrole nitrogens is 2. The van der Waals surface area contributed by atoms with E-state index >= 15 is 0 Å². The summed E-state index contributed by atoms with van der Waals surface area (Å²) in [5, 5.41) is 7.07. The molecule has 1 unspecified atom stereocenters. The molecule has 3 aromatic rings. The summed E-state index contributed by atoms with van der Waals surface area (Å²) in [5.41, 5.74) is 4.09.